The van der Waals surface area contributed by atoms with Gasteiger partial charge in [0.15, 0.2) is 0 Å². The molecule has 0 saturated carbocycles. The lowest BCUT2D eigenvalue weighted by Gasteiger charge is -2.26. The van der Waals surface area contributed by atoms with Crippen molar-refractivity contribution in [1.29, 1.82) is 0 Å². The number of nitrogens with zero attached hydrogens (tertiary/aromatic N) is 2. The summed E-state index contributed by atoms with van der Waals surface area (Å²) in [4.78, 5) is 12.6. The van der Waals surface area contributed by atoms with Crippen molar-refractivity contribution in [1.82, 2.24) is 5.01 Å². The van der Waals surface area contributed by atoms with Crippen molar-refractivity contribution < 1.29 is 9.53 Å². The molecule has 1 aliphatic heterocycles. The van der Waals surface area contributed by atoms with Crippen LogP contribution in [0.3, 0.4) is 0 Å². The molecule has 0 aromatic heterocycles. The van der Waals surface area contributed by atoms with Gasteiger partial charge in [-0.25, -0.2) is 4.79 Å². The van der Waals surface area contributed by atoms with Crippen LogP contribution in [-0.2, 0) is 4.74 Å². The number of carbonyl (C=O) groups excluding carboxylic acids is 1. The SMILES string of the molecule is CC(C)(C)OC(=O)N1N=C(c2ccccc2)C[C@@H]1c1ccccc1. The molecular weight excluding hydrogens is 300 g/mol. The Labute approximate surface area is 142 Å². The van der Waals surface area contributed by atoms with Crippen molar-refractivity contribution in [3.63, 3.8) is 0 Å². The quantitative estimate of drug-likeness (QED) is 0.799. The highest BCUT2D eigenvalue weighted by atomic mass is 16.6. The third-order valence-corrected chi connectivity index (χ3v) is 3.78. The Hall–Kier alpha value is -2.62. The Morgan fingerprint density at radius 3 is 2.21 bits per heavy atom. The van der Waals surface area contributed by atoms with Crippen LogP contribution in [0.5, 0.6) is 0 Å². The molecule has 0 unspecified atom stereocenters. The van der Waals surface area contributed by atoms with Gasteiger partial charge in [0, 0.05) is 6.42 Å². The van der Waals surface area contributed by atoms with Crippen LogP contribution in [0.1, 0.15) is 44.4 Å². The summed E-state index contributed by atoms with van der Waals surface area (Å²) in [6.45, 7) is 5.58. The van der Waals surface area contributed by atoms with E-state index in [2.05, 4.69) is 5.10 Å². The first-order valence-corrected chi connectivity index (χ1v) is 8.14. The van der Waals surface area contributed by atoms with Crippen molar-refractivity contribution in [3.05, 3.63) is 71.8 Å². The molecule has 4 heteroatoms. The van der Waals surface area contributed by atoms with E-state index in [-0.39, 0.29) is 6.04 Å². The molecule has 1 heterocycles. The summed E-state index contributed by atoms with van der Waals surface area (Å²) in [7, 11) is 0. The van der Waals surface area contributed by atoms with E-state index < -0.39 is 11.7 Å². The van der Waals surface area contributed by atoms with Gasteiger partial charge in [-0.05, 0) is 31.9 Å². The van der Waals surface area contributed by atoms with Crippen molar-refractivity contribution >= 4 is 11.8 Å². The van der Waals surface area contributed by atoms with Gasteiger partial charge in [-0.2, -0.15) is 10.1 Å². The maximum absolute atomic E-state index is 12.6. The van der Waals surface area contributed by atoms with Crippen LogP contribution in [0.2, 0.25) is 0 Å². The van der Waals surface area contributed by atoms with Gasteiger partial charge in [-0.15, -0.1) is 0 Å². The van der Waals surface area contributed by atoms with Crippen molar-refractivity contribution in [3.8, 4) is 0 Å². The average molecular weight is 322 g/mol. The first-order valence-electron chi connectivity index (χ1n) is 8.14. The van der Waals surface area contributed by atoms with Crippen LogP contribution >= 0.6 is 0 Å². The van der Waals surface area contributed by atoms with Crippen LogP contribution in [0.25, 0.3) is 0 Å². The highest BCUT2D eigenvalue weighted by Gasteiger charge is 2.35. The lowest BCUT2D eigenvalue weighted by Crippen LogP contribution is -2.34. The van der Waals surface area contributed by atoms with E-state index in [1.54, 1.807) is 0 Å². The Morgan fingerprint density at radius 2 is 1.62 bits per heavy atom. The van der Waals surface area contributed by atoms with Gasteiger partial charge in [0.1, 0.15) is 5.60 Å². The summed E-state index contributed by atoms with van der Waals surface area (Å²) in [6.07, 6.45) is 0.259. The van der Waals surface area contributed by atoms with Gasteiger partial charge in [0.05, 0.1) is 11.8 Å². The molecule has 0 radical (unpaired) electrons. The molecule has 2 aromatic carbocycles. The third kappa shape index (κ3) is 3.65. The van der Waals surface area contributed by atoms with Crippen LogP contribution in [0.15, 0.2) is 65.8 Å². The largest absolute Gasteiger partial charge is 0.442 e. The van der Waals surface area contributed by atoms with E-state index in [4.69, 9.17) is 4.74 Å². The van der Waals surface area contributed by atoms with E-state index in [1.807, 2.05) is 81.4 Å². The van der Waals surface area contributed by atoms with Crippen molar-refractivity contribution in [2.24, 2.45) is 5.10 Å². The number of amides is 1. The fraction of sp³-hybridized carbons (Fsp3) is 0.300. The van der Waals surface area contributed by atoms with Crippen molar-refractivity contribution in [2.75, 3.05) is 0 Å². The Kier molecular flexibility index (Phi) is 4.38. The molecule has 0 N–H and O–H groups in total. The zero-order chi connectivity index (χ0) is 17.2. The summed E-state index contributed by atoms with van der Waals surface area (Å²) < 4.78 is 5.54. The first-order chi connectivity index (χ1) is 11.4. The summed E-state index contributed by atoms with van der Waals surface area (Å²) in [6, 6.07) is 19.8. The predicted molar refractivity (Wildman–Crippen MR) is 94.9 cm³/mol. The molecule has 0 spiro atoms. The molecule has 0 saturated heterocycles. The molecule has 0 aliphatic carbocycles. The molecule has 1 atom stereocenters. The third-order valence-electron chi connectivity index (χ3n) is 3.78. The molecule has 4 nitrogen and oxygen atoms in total. The normalized spacial score (nSPS) is 17.5. The van der Waals surface area contributed by atoms with Crippen LogP contribution in [-0.4, -0.2) is 22.4 Å². The lowest BCUT2D eigenvalue weighted by atomic mass is 9.99. The Bertz CT molecular complexity index is 733. The number of carbonyl (C=O) groups is 1. The van der Waals surface area contributed by atoms with Crippen LogP contribution in [0.4, 0.5) is 4.79 Å². The van der Waals surface area contributed by atoms with E-state index >= 15 is 0 Å². The fourth-order valence-corrected chi connectivity index (χ4v) is 2.73. The number of hydrogen-bond acceptors (Lipinski definition) is 3. The van der Waals surface area contributed by atoms with Gasteiger partial charge in [0.25, 0.3) is 0 Å². The summed E-state index contributed by atoms with van der Waals surface area (Å²) in [5.41, 5.74) is 2.43. The topological polar surface area (TPSA) is 41.9 Å². The highest BCUT2D eigenvalue weighted by molar-refractivity contribution is 6.02. The maximum atomic E-state index is 12.6. The average Bonchev–Trinajstić information content (AvgIpc) is 3.00. The standard InChI is InChI=1S/C20H22N2O2/c1-20(2,3)24-19(23)22-18(16-12-8-5-9-13-16)14-17(21-22)15-10-6-4-7-11-15/h4-13,18H,14H2,1-3H3/t18-/m1/s1. The molecule has 0 bridgehead atoms. The van der Waals surface area contributed by atoms with Crippen molar-refractivity contribution in [2.45, 2.75) is 38.8 Å². The zero-order valence-electron chi connectivity index (χ0n) is 14.3. The molecule has 2 aromatic rings. The van der Waals surface area contributed by atoms with E-state index in [0.29, 0.717) is 6.42 Å². The second kappa shape index (κ2) is 6.48. The summed E-state index contributed by atoms with van der Waals surface area (Å²) in [5.74, 6) is 0. The van der Waals surface area contributed by atoms with Gasteiger partial charge >= 0.3 is 6.09 Å². The van der Waals surface area contributed by atoms with Crippen LogP contribution in [0, 0.1) is 0 Å². The molecular formula is C20H22N2O2. The minimum absolute atomic E-state index is 0.142. The van der Waals surface area contributed by atoms with Gasteiger partial charge in [-0.1, -0.05) is 60.7 Å². The smallest absolute Gasteiger partial charge is 0.431 e. The van der Waals surface area contributed by atoms with Crippen LogP contribution < -0.4 is 0 Å². The van der Waals surface area contributed by atoms with E-state index in [1.165, 1.54) is 5.01 Å². The number of ether oxygens (including phenoxy) is 1. The predicted octanol–water partition coefficient (Wildman–Crippen LogP) is 4.77. The maximum Gasteiger partial charge on any atom is 0.431 e. The number of rotatable bonds is 2. The Morgan fingerprint density at radius 1 is 1.04 bits per heavy atom. The van der Waals surface area contributed by atoms with Gasteiger partial charge in [0.2, 0.25) is 0 Å². The monoisotopic (exact) mass is 322 g/mol. The molecule has 1 aliphatic rings. The number of benzene rings is 2. The highest BCUT2D eigenvalue weighted by Crippen LogP contribution is 2.33. The minimum Gasteiger partial charge on any atom is -0.442 e. The Balaban J connectivity index is 1.93. The van der Waals surface area contributed by atoms with Gasteiger partial charge < -0.3 is 4.74 Å². The molecule has 0 fully saturated rings. The van der Waals surface area contributed by atoms with E-state index in [9.17, 15) is 4.79 Å². The second-order valence-electron chi connectivity index (χ2n) is 6.87. The second-order valence-corrected chi connectivity index (χ2v) is 6.87. The summed E-state index contributed by atoms with van der Waals surface area (Å²) >= 11 is 0. The fourth-order valence-electron chi connectivity index (χ4n) is 2.73. The van der Waals surface area contributed by atoms with E-state index in [0.717, 1.165) is 16.8 Å². The molecule has 1 amide bonds. The van der Waals surface area contributed by atoms with Gasteiger partial charge in [-0.3, -0.25) is 0 Å². The molecule has 24 heavy (non-hydrogen) atoms. The zero-order valence-corrected chi connectivity index (χ0v) is 14.3. The first kappa shape index (κ1) is 16.2. The molecule has 124 valence electrons. The molecule has 3 rings (SSSR count). The number of hydrogen-bond donors (Lipinski definition) is 0. The summed E-state index contributed by atoms with van der Waals surface area (Å²) in [5, 5.41) is 6.05. The number of hydrazone groups is 1. The lowest BCUT2D eigenvalue weighted by molar-refractivity contribution is 0.0195. The minimum atomic E-state index is -0.552.